The van der Waals surface area contributed by atoms with E-state index in [1.54, 1.807) is 0 Å². The lowest BCUT2D eigenvalue weighted by molar-refractivity contribution is -0.386. The maximum Gasteiger partial charge on any atom is 0.457 e. The van der Waals surface area contributed by atoms with E-state index in [0.717, 1.165) is 6.20 Å². The van der Waals surface area contributed by atoms with Gasteiger partial charge in [-0.05, 0) is 0 Å². The van der Waals surface area contributed by atoms with Crippen molar-refractivity contribution >= 4 is 0 Å². The van der Waals surface area contributed by atoms with E-state index >= 15 is 0 Å². The Bertz CT molecular complexity index is 225. The maximum absolute atomic E-state index is 11.7. The average Bonchev–Trinajstić information content (AvgIpc) is 2.11. The summed E-state index contributed by atoms with van der Waals surface area (Å²) in [5, 5.41) is 0. The minimum absolute atomic E-state index is 0.396. The second-order valence-corrected chi connectivity index (χ2v) is 1.95. The number of alkyl halides is 3. The number of aromatic nitrogens is 2. The molecule has 0 bridgehead atoms. The fourth-order valence-electron chi connectivity index (χ4n) is 0.607. The van der Waals surface area contributed by atoms with Crippen LogP contribution in [-0.4, -0.2) is 4.98 Å². The summed E-state index contributed by atoms with van der Waals surface area (Å²) in [5.41, 5.74) is -0.745. The quantitative estimate of drug-likeness (QED) is 0.576. The standard InChI is InChI=1S/C5H5F3N2/c1-3-9-2-4(10-3)5(6,7)8/h2H,1H3,(H,9,10)/p+1. The Labute approximate surface area is 55.1 Å². The molecule has 0 amide bonds. The minimum Gasteiger partial charge on any atom is -0.247 e. The Hall–Kier alpha value is -1.00. The van der Waals surface area contributed by atoms with Gasteiger partial charge in [0.05, 0.1) is 0 Å². The van der Waals surface area contributed by atoms with Crippen LogP contribution in [0.25, 0.3) is 0 Å². The Morgan fingerprint density at radius 2 is 2.10 bits per heavy atom. The zero-order valence-electron chi connectivity index (χ0n) is 5.21. The molecule has 5 heteroatoms. The first-order valence-corrected chi connectivity index (χ1v) is 2.64. The molecular formula is C5H6F3N2+. The number of H-pyrrole nitrogens is 2. The predicted molar refractivity (Wildman–Crippen MR) is 27.1 cm³/mol. The van der Waals surface area contributed by atoms with Crippen molar-refractivity contribution in [3.8, 4) is 0 Å². The van der Waals surface area contributed by atoms with Crippen LogP contribution in [0, 0.1) is 6.92 Å². The largest absolute Gasteiger partial charge is 0.457 e. The van der Waals surface area contributed by atoms with Crippen LogP contribution in [0.5, 0.6) is 0 Å². The lowest BCUT2D eigenvalue weighted by atomic mass is 10.5. The fraction of sp³-hybridized carbons (Fsp3) is 0.400. The third-order valence-electron chi connectivity index (χ3n) is 1.06. The number of rotatable bonds is 0. The molecule has 1 aromatic heterocycles. The van der Waals surface area contributed by atoms with Gasteiger partial charge in [0.1, 0.15) is 6.20 Å². The molecule has 0 aliphatic heterocycles. The zero-order valence-corrected chi connectivity index (χ0v) is 5.21. The summed E-state index contributed by atoms with van der Waals surface area (Å²) in [4.78, 5) is 4.54. The topological polar surface area (TPSA) is 29.9 Å². The number of halogens is 3. The molecule has 0 fully saturated rings. The van der Waals surface area contributed by atoms with Gasteiger partial charge in [0.2, 0.25) is 11.5 Å². The van der Waals surface area contributed by atoms with Crippen molar-refractivity contribution in [2.24, 2.45) is 0 Å². The van der Waals surface area contributed by atoms with Crippen molar-refractivity contribution in [2.45, 2.75) is 13.1 Å². The molecule has 1 aromatic rings. The molecule has 1 heterocycles. The van der Waals surface area contributed by atoms with E-state index in [-0.39, 0.29) is 0 Å². The van der Waals surface area contributed by atoms with Crippen LogP contribution in [0.4, 0.5) is 13.2 Å². The lowest BCUT2D eigenvalue weighted by Crippen LogP contribution is -2.05. The minimum atomic E-state index is -4.27. The summed E-state index contributed by atoms with van der Waals surface area (Å²) in [7, 11) is 0. The predicted octanol–water partition coefficient (Wildman–Crippen LogP) is 1.16. The maximum atomic E-state index is 11.7. The van der Waals surface area contributed by atoms with Crippen LogP contribution in [0.1, 0.15) is 11.5 Å². The first-order valence-electron chi connectivity index (χ1n) is 2.64. The van der Waals surface area contributed by atoms with E-state index in [0.29, 0.717) is 5.82 Å². The van der Waals surface area contributed by atoms with Gasteiger partial charge >= 0.3 is 6.18 Å². The highest BCUT2D eigenvalue weighted by atomic mass is 19.4. The van der Waals surface area contributed by atoms with Gasteiger partial charge in [-0.2, -0.15) is 13.2 Å². The summed E-state index contributed by atoms with van der Waals surface area (Å²) in [6.45, 7) is 1.52. The summed E-state index contributed by atoms with van der Waals surface area (Å²) in [5.74, 6) is 0.396. The lowest BCUT2D eigenvalue weighted by Gasteiger charge is -1.95. The van der Waals surface area contributed by atoms with Gasteiger partial charge in [0, 0.05) is 6.92 Å². The molecule has 0 aliphatic carbocycles. The molecule has 10 heavy (non-hydrogen) atoms. The number of nitrogens with one attached hydrogen (secondary N) is 2. The molecule has 2 N–H and O–H groups in total. The molecule has 0 radical (unpaired) electrons. The molecule has 0 saturated heterocycles. The summed E-state index contributed by atoms with van der Waals surface area (Å²) in [6, 6.07) is 0. The smallest absolute Gasteiger partial charge is 0.247 e. The van der Waals surface area contributed by atoms with Gasteiger partial charge in [-0.15, -0.1) is 0 Å². The van der Waals surface area contributed by atoms with Crippen LogP contribution < -0.4 is 4.98 Å². The van der Waals surface area contributed by atoms with Crippen molar-refractivity contribution < 1.29 is 18.2 Å². The van der Waals surface area contributed by atoms with E-state index in [4.69, 9.17) is 0 Å². The summed E-state index contributed by atoms with van der Waals surface area (Å²) >= 11 is 0. The van der Waals surface area contributed by atoms with Gasteiger partial charge < -0.3 is 0 Å². The number of imidazole rings is 1. The van der Waals surface area contributed by atoms with Crippen molar-refractivity contribution in [3.63, 3.8) is 0 Å². The highest BCUT2D eigenvalue weighted by Crippen LogP contribution is 2.26. The van der Waals surface area contributed by atoms with Crippen LogP contribution in [0.15, 0.2) is 6.20 Å². The van der Waals surface area contributed by atoms with Crippen LogP contribution >= 0.6 is 0 Å². The first kappa shape index (κ1) is 7.11. The van der Waals surface area contributed by atoms with Gasteiger partial charge in [-0.25, -0.2) is 9.97 Å². The third kappa shape index (κ3) is 1.29. The van der Waals surface area contributed by atoms with Crippen molar-refractivity contribution in [1.82, 2.24) is 4.98 Å². The monoisotopic (exact) mass is 151 g/mol. The molecule has 0 spiro atoms. The number of aromatic amines is 2. The summed E-state index contributed by atoms with van der Waals surface area (Å²) in [6.07, 6.45) is -3.37. The molecule has 0 aromatic carbocycles. The molecule has 2 nitrogen and oxygen atoms in total. The van der Waals surface area contributed by atoms with Crippen molar-refractivity contribution in [1.29, 1.82) is 0 Å². The Morgan fingerprint density at radius 1 is 1.50 bits per heavy atom. The number of hydrogen-bond donors (Lipinski definition) is 1. The molecule has 1 rings (SSSR count). The van der Waals surface area contributed by atoms with Gasteiger partial charge in [0.25, 0.3) is 0 Å². The average molecular weight is 151 g/mol. The van der Waals surface area contributed by atoms with Crippen LogP contribution in [0.2, 0.25) is 0 Å². The number of aryl methyl sites for hydroxylation is 1. The van der Waals surface area contributed by atoms with E-state index in [1.165, 1.54) is 6.92 Å². The molecular weight excluding hydrogens is 145 g/mol. The molecule has 0 atom stereocenters. The van der Waals surface area contributed by atoms with Crippen molar-refractivity contribution in [2.75, 3.05) is 0 Å². The molecule has 56 valence electrons. The highest BCUT2D eigenvalue weighted by Gasteiger charge is 2.36. The third-order valence-corrected chi connectivity index (χ3v) is 1.06. The normalized spacial score (nSPS) is 12.0. The van der Waals surface area contributed by atoms with Gasteiger partial charge in [0.15, 0.2) is 0 Å². The van der Waals surface area contributed by atoms with E-state index in [2.05, 4.69) is 9.97 Å². The Morgan fingerprint density at radius 3 is 2.30 bits per heavy atom. The van der Waals surface area contributed by atoms with Gasteiger partial charge in [-0.3, -0.25) is 0 Å². The second-order valence-electron chi connectivity index (χ2n) is 1.95. The van der Waals surface area contributed by atoms with E-state index in [9.17, 15) is 13.2 Å². The number of hydrogen-bond acceptors (Lipinski definition) is 0. The fourth-order valence-corrected chi connectivity index (χ4v) is 0.607. The second kappa shape index (κ2) is 2.00. The van der Waals surface area contributed by atoms with Crippen molar-refractivity contribution in [3.05, 3.63) is 17.7 Å². The van der Waals surface area contributed by atoms with Crippen LogP contribution in [0.3, 0.4) is 0 Å². The first-order chi connectivity index (χ1) is 4.50. The van der Waals surface area contributed by atoms with Crippen LogP contribution in [-0.2, 0) is 6.18 Å². The zero-order chi connectivity index (χ0) is 7.78. The highest BCUT2D eigenvalue weighted by molar-refractivity contribution is 4.97. The molecule has 0 saturated carbocycles. The molecule has 0 unspecified atom stereocenters. The van der Waals surface area contributed by atoms with E-state index in [1.807, 2.05) is 0 Å². The Balaban J connectivity index is 2.96. The summed E-state index contributed by atoms with van der Waals surface area (Å²) < 4.78 is 35.2. The van der Waals surface area contributed by atoms with Gasteiger partial charge in [-0.1, -0.05) is 0 Å². The Kier molecular flexibility index (Phi) is 1.42. The SMILES string of the molecule is Cc1[nH]c(C(F)(F)F)c[nH+]1. The molecule has 0 aliphatic rings. The van der Waals surface area contributed by atoms with E-state index < -0.39 is 11.9 Å².